The number of hydrogen-bond donors (Lipinski definition) is 1. The minimum absolute atomic E-state index is 0.0929. The van der Waals surface area contributed by atoms with Crippen LogP contribution in [0.15, 0.2) is 36.9 Å². The van der Waals surface area contributed by atoms with Crippen molar-refractivity contribution in [3.8, 4) is 5.75 Å². The van der Waals surface area contributed by atoms with E-state index < -0.39 is 11.8 Å². The van der Waals surface area contributed by atoms with Gasteiger partial charge in [0.2, 0.25) is 11.8 Å². The average molecular weight is 260 g/mol. The molecule has 1 heterocycles. The van der Waals surface area contributed by atoms with Gasteiger partial charge in [0.05, 0.1) is 5.92 Å². The Labute approximate surface area is 111 Å². The van der Waals surface area contributed by atoms with Gasteiger partial charge in [0.1, 0.15) is 12.4 Å². The van der Waals surface area contributed by atoms with Crippen LogP contribution in [0.5, 0.6) is 5.75 Å². The summed E-state index contributed by atoms with van der Waals surface area (Å²) in [6.45, 7) is 4.31. The molecule has 0 radical (unpaired) electrons. The Kier molecular flexibility index (Phi) is 3.85. The summed E-state index contributed by atoms with van der Waals surface area (Å²) in [6.07, 6.45) is 1.82. The van der Waals surface area contributed by atoms with Crippen LogP contribution in [0.4, 0.5) is 5.69 Å². The smallest absolute Gasteiger partial charge is 0.227 e. The Balaban J connectivity index is 2.15. The Morgan fingerprint density at radius 2 is 2.37 bits per heavy atom. The van der Waals surface area contributed by atoms with Crippen molar-refractivity contribution in [3.63, 3.8) is 0 Å². The molecular weight excluding hydrogens is 244 g/mol. The van der Waals surface area contributed by atoms with Crippen molar-refractivity contribution >= 4 is 17.5 Å². The minimum Gasteiger partial charge on any atom is -0.489 e. The van der Waals surface area contributed by atoms with Crippen LogP contribution in [0, 0.1) is 5.92 Å². The molecule has 100 valence electrons. The van der Waals surface area contributed by atoms with Gasteiger partial charge in [-0.25, -0.2) is 0 Å². The summed E-state index contributed by atoms with van der Waals surface area (Å²) in [5.41, 5.74) is 5.96. The lowest BCUT2D eigenvalue weighted by atomic mass is 10.1. The maximum Gasteiger partial charge on any atom is 0.227 e. The first kappa shape index (κ1) is 13.1. The SMILES string of the molecule is C=CCOc1cccc(N2C[C@@H](C(N)=O)CC2=O)c1. The first-order valence-electron chi connectivity index (χ1n) is 6.05. The molecule has 5 heteroatoms. The molecule has 2 N–H and O–H groups in total. The highest BCUT2D eigenvalue weighted by molar-refractivity contribution is 6.00. The second-order valence-electron chi connectivity index (χ2n) is 4.40. The number of hydrogen-bond acceptors (Lipinski definition) is 3. The monoisotopic (exact) mass is 260 g/mol. The Bertz CT molecular complexity index is 513. The van der Waals surface area contributed by atoms with Crippen LogP contribution in [0.2, 0.25) is 0 Å². The van der Waals surface area contributed by atoms with E-state index in [1.165, 1.54) is 0 Å². The number of benzene rings is 1. The number of ether oxygens (including phenoxy) is 1. The number of rotatable bonds is 5. The van der Waals surface area contributed by atoms with Crippen molar-refractivity contribution < 1.29 is 14.3 Å². The fourth-order valence-electron chi connectivity index (χ4n) is 2.04. The molecule has 0 aliphatic carbocycles. The summed E-state index contributed by atoms with van der Waals surface area (Å²) in [5.74, 6) is -0.280. The molecule has 19 heavy (non-hydrogen) atoms. The predicted octanol–water partition coefficient (Wildman–Crippen LogP) is 1.09. The van der Waals surface area contributed by atoms with E-state index in [0.29, 0.717) is 18.9 Å². The minimum atomic E-state index is -0.435. The molecule has 1 fully saturated rings. The van der Waals surface area contributed by atoms with Crippen LogP contribution in [0.1, 0.15) is 6.42 Å². The molecule has 1 atom stereocenters. The zero-order valence-electron chi connectivity index (χ0n) is 10.5. The lowest BCUT2D eigenvalue weighted by Crippen LogP contribution is -2.28. The topological polar surface area (TPSA) is 72.6 Å². The molecule has 0 bridgehead atoms. The van der Waals surface area contributed by atoms with E-state index in [9.17, 15) is 9.59 Å². The van der Waals surface area contributed by atoms with Gasteiger partial charge in [-0.3, -0.25) is 9.59 Å². The van der Waals surface area contributed by atoms with Crippen molar-refractivity contribution in [2.24, 2.45) is 11.7 Å². The standard InChI is InChI=1S/C14H16N2O3/c1-2-6-19-12-5-3-4-11(8-12)16-9-10(14(15)18)7-13(16)17/h2-5,8,10H,1,6-7,9H2,(H2,15,18)/t10-/m0/s1. The van der Waals surface area contributed by atoms with E-state index in [2.05, 4.69) is 6.58 Å². The normalized spacial score (nSPS) is 18.4. The maximum absolute atomic E-state index is 11.9. The van der Waals surface area contributed by atoms with Crippen molar-refractivity contribution in [2.45, 2.75) is 6.42 Å². The summed E-state index contributed by atoms with van der Waals surface area (Å²) in [7, 11) is 0. The molecule has 0 aromatic heterocycles. The molecule has 1 aliphatic rings. The molecular formula is C14H16N2O3. The van der Waals surface area contributed by atoms with Gasteiger partial charge < -0.3 is 15.4 Å². The lowest BCUT2D eigenvalue weighted by Gasteiger charge is -2.17. The quantitative estimate of drug-likeness (QED) is 0.805. The second kappa shape index (κ2) is 5.56. The molecule has 1 saturated heterocycles. The van der Waals surface area contributed by atoms with Gasteiger partial charge in [0.25, 0.3) is 0 Å². The summed E-state index contributed by atoms with van der Waals surface area (Å²) in [4.78, 5) is 24.6. The van der Waals surface area contributed by atoms with Crippen LogP contribution in [-0.4, -0.2) is 25.0 Å². The number of amides is 2. The Hall–Kier alpha value is -2.30. The molecule has 0 saturated carbocycles. The summed E-state index contributed by atoms with van der Waals surface area (Å²) < 4.78 is 5.42. The van der Waals surface area contributed by atoms with Crippen molar-refractivity contribution in [1.29, 1.82) is 0 Å². The van der Waals surface area contributed by atoms with E-state index in [4.69, 9.17) is 10.5 Å². The Morgan fingerprint density at radius 1 is 1.58 bits per heavy atom. The first-order valence-corrected chi connectivity index (χ1v) is 6.05. The first-order chi connectivity index (χ1) is 9.11. The number of anilines is 1. The molecule has 5 nitrogen and oxygen atoms in total. The van der Waals surface area contributed by atoms with Gasteiger partial charge in [-0.1, -0.05) is 18.7 Å². The van der Waals surface area contributed by atoms with Crippen molar-refractivity contribution in [2.75, 3.05) is 18.1 Å². The molecule has 1 aromatic rings. The number of carbonyl (C=O) groups excluding carboxylic acids is 2. The number of nitrogens with two attached hydrogens (primary N) is 1. The Morgan fingerprint density at radius 3 is 3.00 bits per heavy atom. The zero-order chi connectivity index (χ0) is 13.8. The highest BCUT2D eigenvalue weighted by atomic mass is 16.5. The van der Waals surface area contributed by atoms with E-state index in [0.717, 1.165) is 5.69 Å². The third-order valence-electron chi connectivity index (χ3n) is 3.02. The number of nitrogens with zero attached hydrogens (tertiary/aromatic N) is 1. The molecule has 0 spiro atoms. The van der Waals surface area contributed by atoms with Crippen LogP contribution < -0.4 is 15.4 Å². The maximum atomic E-state index is 11.9. The summed E-state index contributed by atoms with van der Waals surface area (Å²) >= 11 is 0. The fourth-order valence-corrected chi connectivity index (χ4v) is 2.04. The lowest BCUT2D eigenvalue weighted by molar-refractivity contribution is -0.123. The van der Waals surface area contributed by atoms with Gasteiger partial charge in [-0.05, 0) is 12.1 Å². The highest BCUT2D eigenvalue weighted by Crippen LogP contribution is 2.27. The van der Waals surface area contributed by atoms with Crippen LogP contribution in [0.3, 0.4) is 0 Å². The summed E-state index contributed by atoms with van der Waals surface area (Å²) in [5, 5.41) is 0. The van der Waals surface area contributed by atoms with E-state index in [-0.39, 0.29) is 12.3 Å². The fraction of sp³-hybridized carbons (Fsp3) is 0.286. The molecule has 2 amide bonds. The average Bonchev–Trinajstić information content (AvgIpc) is 2.79. The molecule has 1 aliphatic heterocycles. The van der Waals surface area contributed by atoms with Gasteiger partial charge in [-0.2, -0.15) is 0 Å². The van der Waals surface area contributed by atoms with Gasteiger partial charge in [0, 0.05) is 24.7 Å². The third kappa shape index (κ3) is 2.93. The van der Waals surface area contributed by atoms with Crippen molar-refractivity contribution in [1.82, 2.24) is 0 Å². The van der Waals surface area contributed by atoms with E-state index in [1.54, 1.807) is 29.2 Å². The zero-order valence-corrected chi connectivity index (χ0v) is 10.5. The number of carbonyl (C=O) groups is 2. The number of primary amides is 1. The highest BCUT2D eigenvalue weighted by Gasteiger charge is 2.33. The van der Waals surface area contributed by atoms with E-state index >= 15 is 0 Å². The van der Waals surface area contributed by atoms with Crippen LogP contribution in [-0.2, 0) is 9.59 Å². The molecule has 1 aromatic carbocycles. The second-order valence-corrected chi connectivity index (χ2v) is 4.40. The van der Waals surface area contributed by atoms with Gasteiger partial charge in [-0.15, -0.1) is 0 Å². The van der Waals surface area contributed by atoms with Crippen molar-refractivity contribution in [3.05, 3.63) is 36.9 Å². The van der Waals surface area contributed by atoms with Crippen LogP contribution >= 0.6 is 0 Å². The van der Waals surface area contributed by atoms with Crippen LogP contribution in [0.25, 0.3) is 0 Å². The molecule has 2 rings (SSSR count). The van der Waals surface area contributed by atoms with Gasteiger partial charge >= 0.3 is 0 Å². The predicted molar refractivity (Wildman–Crippen MR) is 71.8 cm³/mol. The largest absolute Gasteiger partial charge is 0.489 e. The molecule has 0 unspecified atom stereocenters. The van der Waals surface area contributed by atoms with E-state index in [1.807, 2.05) is 6.07 Å². The third-order valence-corrected chi connectivity index (χ3v) is 3.02. The van der Waals surface area contributed by atoms with Gasteiger partial charge in [0.15, 0.2) is 0 Å². The summed E-state index contributed by atoms with van der Waals surface area (Å²) in [6, 6.07) is 7.19.